The van der Waals surface area contributed by atoms with Gasteiger partial charge >= 0.3 is 0 Å². The maximum atomic E-state index is 5.84. The number of nitrogens with one attached hydrogen (secondary N) is 1. The van der Waals surface area contributed by atoms with Gasteiger partial charge in [0.2, 0.25) is 0 Å². The lowest BCUT2D eigenvalue weighted by Crippen LogP contribution is -2.26. The van der Waals surface area contributed by atoms with Crippen LogP contribution in [0, 0.1) is 0 Å². The number of hydrogen-bond donors (Lipinski definition) is 1. The molecule has 1 fully saturated rings. The molecular weight excluding hydrogens is 190 g/mol. The zero-order valence-electron chi connectivity index (χ0n) is 10.3. The second-order valence-corrected chi connectivity index (χ2v) is 4.45. The molecule has 3 unspecified atom stereocenters. The molecule has 3 heteroatoms. The summed E-state index contributed by atoms with van der Waals surface area (Å²) in [6.45, 7) is 6.06. The Hall–Kier alpha value is -0.120. The van der Waals surface area contributed by atoms with E-state index < -0.39 is 0 Å². The van der Waals surface area contributed by atoms with Crippen LogP contribution in [0.15, 0.2) is 0 Å². The molecule has 3 nitrogen and oxygen atoms in total. The smallest absolute Gasteiger partial charge is 0.0814 e. The molecule has 0 aromatic carbocycles. The van der Waals surface area contributed by atoms with Crippen molar-refractivity contribution in [1.29, 1.82) is 0 Å². The van der Waals surface area contributed by atoms with E-state index in [4.69, 9.17) is 9.47 Å². The molecule has 1 heterocycles. The fourth-order valence-electron chi connectivity index (χ4n) is 2.04. The summed E-state index contributed by atoms with van der Waals surface area (Å²) in [5.74, 6) is 0. The van der Waals surface area contributed by atoms with Crippen LogP contribution in [0.2, 0.25) is 0 Å². The van der Waals surface area contributed by atoms with Crippen molar-refractivity contribution in [2.45, 2.75) is 57.8 Å². The maximum Gasteiger partial charge on any atom is 0.0814 e. The van der Waals surface area contributed by atoms with Crippen LogP contribution in [0.5, 0.6) is 0 Å². The molecular formula is C12H25NO2. The number of likely N-dealkylation sites (N-methyl/N-ethyl adjacent to an activating group) is 1. The second kappa shape index (κ2) is 7.20. The first-order chi connectivity index (χ1) is 7.26. The summed E-state index contributed by atoms with van der Waals surface area (Å²) < 4.78 is 11.6. The molecule has 1 aliphatic heterocycles. The average Bonchev–Trinajstić information content (AvgIpc) is 2.64. The van der Waals surface area contributed by atoms with E-state index in [1.807, 2.05) is 7.05 Å². The number of rotatable bonds is 7. The van der Waals surface area contributed by atoms with Gasteiger partial charge in [0.15, 0.2) is 0 Å². The van der Waals surface area contributed by atoms with Crippen LogP contribution in [0.25, 0.3) is 0 Å². The van der Waals surface area contributed by atoms with Crippen molar-refractivity contribution in [3.05, 3.63) is 0 Å². The highest BCUT2D eigenvalue weighted by Crippen LogP contribution is 2.20. The molecule has 15 heavy (non-hydrogen) atoms. The van der Waals surface area contributed by atoms with Crippen molar-refractivity contribution in [2.24, 2.45) is 0 Å². The maximum absolute atomic E-state index is 5.84. The van der Waals surface area contributed by atoms with E-state index in [0.29, 0.717) is 18.3 Å². The largest absolute Gasteiger partial charge is 0.376 e. The fourth-order valence-corrected chi connectivity index (χ4v) is 2.04. The molecule has 0 aliphatic carbocycles. The summed E-state index contributed by atoms with van der Waals surface area (Å²) in [5, 5.41) is 3.15. The molecule has 0 radical (unpaired) electrons. The van der Waals surface area contributed by atoms with E-state index in [0.717, 1.165) is 32.4 Å². The molecule has 1 aliphatic rings. The van der Waals surface area contributed by atoms with E-state index in [1.165, 1.54) is 6.42 Å². The van der Waals surface area contributed by atoms with Crippen molar-refractivity contribution >= 4 is 0 Å². The van der Waals surface area contributed by atoms with Crippen molar-refractivity contribution in [1.82, 2.24) is 5.32 Å². The van der Waals surface area contributed by atoms with Crippen molar-refractivity contribution < 1.29 is 9.47 Å². The van der Waals surface area contributed by atoms with Gasteiger partial charge < -0.3 is 14.8 Å². The van der Waals surface area contributed by atoms with E-state index in [9.17, 15) is 0 Å². The van der Waals surface area contributed by atoms with Gasteiger partial charge in [0.25, 0.3) is 0 Å². The number of hydrogen-bond acceptors (Lipinski definition) is 3. The lowest BCUT2D eigenvalue weighted by molar-refractivity contribution is -0.0377. The minimum absolute atomic E-state index is 0.322. The molecule has 3 atom stereocenters. The minimum atomic E-state index is 0.322. The average molecular weight is 215 g/mol. The zero-order chi connectivity index (χ0) is 11.1. The third-order valence-corrected chi connectivity index (χ3v) is 2.89. The Kier molecular flexibility index (Phi) is 6.22. The van der Waals surface area contributed by atoms with Gasteiger partial charge in [0, 0.05) is 6.54 Å². The van der Waals surface area contributed by atoms with Gasteiger partial charge in [-0.2, -0.15) is 0 Å². The third kappa shape index (κ3) is 4.96. The van der Waals surface area contributed by atoms with Crippen LogP contribution in [-0.4, -0.2) is 38.5 Å². The van der Waals surface area contributed by atoms with E-state index in [2.05, 4.69) is 19.2 Å². The topological polar surface area (TPSA) is 30.5 Å². The quantitative estimate of drug-likeness (QED) is 0.704. The van der Waals surface area contributed by atoms with Crippen LogP contribution in [-0.2, 0) is 9.47 Å². The molecule has 0 aromatic rings. The summed E-state index contributed by atoms with van der Waals surface area (Å²) in [5.41, 5.74) is 0. The Morgan fingerprint density at radius 2 is 2.13 bits per heavy atom. The lowest BCUT2D eigenvalue weighted by atomic mass is 10.2. The van der Waals surface area contributed by atoms with Crippen molar-refractivity contribution in [3.63, 3.8) is 0 Å². The molecule has 90 valence electrons. The van der Waals surface area contributed by atoms with Gasteiger partial charge in [-0.1, -0.05) is 13.3 Å². The Morgan fingerprint density at radius 1 is 1.40 bits per heavy atom. The lowest BCUT2D eigenvalue weighted by Gasteiger charge is -2.17. The van der Waals surface area contributed by atoms with Crippen molar-refractivity contribution in [3.8, 4) is 0 Å². The monoisotopic (exact) mass is 215 g/mol. The molecule has 1 saturated heterocycles. The number of ether oxygens (including phenoxy) is 2. The second-order valence-electron chi connectivity index (χ2n) is 4.45. The minimum Gasteiger partial charge on any atom is -0.376 e. The van der Waals surface area contributed by atoms with E-state index >= 15 is 0 Å². The van der Waals surface area contributed by atoms with Gasteiger partial charge in [0.1, 0.15) is 0 Å². The molecule has 1 rings (SSSR count). The van der Waals surface area contributed by atoms with Crippen LogP contribution in [0.3, 0.4) is 0 Å². The molecule has 0 spiro atoms. The first-order valence-corrected chi connectivity index (χ1v) is 6.18. The van der Waals surface area contributed by atoms with Crippen molar-refractivity contribution in [2.75, 3.05) is 20.2 Å². The molecule has 0 aromatic heterocycles. The molecule has 0 saturated carbocycles. The molecule has 0 amide bonds. The molecule has 1 N–H and O–H groups in total. The highest BCUT2D eigenvalue weighted by Gasteiger charge is 2.24. The first kappa shape index (κ1) is 12.9. The van der Waals surface area contributed by atoms with Crippen LogP contribution in [0.4, 0.5) is 0 Å². The standard InChI is InChI=1S/C12H25NO2/c1-4-5-10(2)14-9-12-7-6-11(15-12)8-13-3/h10-13H,4-9H2,1-3H3. The van der Waals surface area contributed by atoms with E-state index in [-0.39, 0.29) is 0 Å². The summed E-state index contributed by atoms with van der Waals surface area (Å²) >= 11 is 0. The van der Waals surface area contributed by atoms with Gasteiger partial charge in [-0.15, -0.1) is 0 Å². The first-order valence-electron chi connectivity index (χ1n) is 6.18. The Bertz CT molecular complexity index is 164. The molecule has 0 bridgehead atoms. The highest BCUT2D eigenvalue weighted by atomic mass is 16.5. The Morgan fingerprint density at radius 3 is 2.80 bits per heavy atom. The summed E-state index contributed by atoms with van der Waals surface area (Å²) in [7, 11) is 1.97. The van der Waals surface area contributed by atoms with Crippen LogP contribution < -0.4 is 5.32 Å². The van der Waals surface area contributed by atoms with E-state index in [1.54, 1.807) is 0 Å². The van der Waals surface area contributed by atoms with Gasteiger partial charge in [-0.05, 0) is 33.2 Å². The normalized spacial score (nSPS) is 28.2. The predicted molar refractivity (Wildman–Crippen MR) is 62.1 cm³/mol. The fraction of sp³-hybridized carbons (Fsp3) is 1.00. The summed E-state index contributed by atoms with van der Waals surface area (Å²) in [6.07, 6.45) is 5.74. The Labute approximate surface area is 93.5 Å². The highest BCUT2D eigenvalue weighted by molar-refractivity contribution is 4.74. The van der Waals surface area contributed by atoms with Crippen LogP contribution in [0.1, 0.15) is 39.5 Å². The SMILES string of the molecule is CCCC(C)OCC1CCC(CNC)O1. The van der Waals surface area contributed by atoms with Gasteiger partial charge in [0.05, 0.1) is 24.9 Å². The summed E-state index contributed by atoms with van der Waals surface area (Å²) in [4.78, 5) is 0. The Balaban J connectivity index is 2.08. The third-order valence-electron chi connectivity index (χ3n) is 2.89. The van der Waals surface area contributed by atoms with Crippen LogP contribution >= 0.6 is 0 Å². The summed E-state index contributed by atoms with van der Waals surface area (Å²) in [6, 6.07) is 0. The van der Waals surface area contributed by atoms with Gasteiger partial charge in [-0.3, -0.25) is 0 Å². The van der Waals surface area contributed by atoms with Gasteiger partial charge in [-0.25, -0.2) is 0 Å². The zero-order valence-corrected chi connectivity index (χ0v) is 10.3. The predicted octanol–water partition coefficient (Wildman–Crippen LogP) is 1.96.